The normalized spacial score (nSPS) is 29.6. The number of ether oxygens (including phenoxy) is 1. The van der Waals surface area contributed by atoms with Crippen LogP contribution in [0.2, 0.25) is 0 Å². The molecular formula is C16H23NO. The summed E-state index contributed by atoms with van der Waals surface area (Å²) in [6.07, 6.45) is 2.32. The Kier molecular flexibility index (Phi) is 2.76. The predicted molar refractivity (Wildman–Crippen MR) is 73.8 cm³/mol. The minimum atomic E-state index is 0.262. The van der Waals surface area contributed by atoms with Gasteiger partial charge in [-0.3, -0.25) is 0 Å². The second-order valence-electron chi connectivity index (χ2n) is 6.26. The summed E-state index contributed by atoms with van der Waals surface area (Å²) in [4.78, 5) is 0. The van der Waals surface area contributed by atoms with Crippen LogP contribution >= 0.6 is 0 Å². The Bertz CT molecular complexity index is 470. The van der Waals surface area contributed by atoms with Crippen LogP contribution in [-0.2, 0) is 10.2 Å². The second kappa shape index (κ2) is 4.07. The highest BCUT2D eigenvalue weighted by molar-refractivity contribution is 5.44. The molecular weight excluding hydrogens is 222 g/mol. The number of rotatable bonds is 2. The van der Waals surface area contributed by atoms with Crippen LogP contribution in [0.25, 0.3) is 0 Å². The van der Waals surface area contributed by atoms with Crippen molar-refractivity contribution in [1.82, 2.24) is 0 Å². The summed E-state index contributed by atoms with van der Waals surface area (Å²) in [5.41, 5.74) is 12.0. The third kappa shape index (κ3) is 1.55. The van der Waals surface area contributed by atoms with E-state index in [9.17, 15) is 0 Å². The van der Waals surface area contributed by atoms with E-state index in [0.717, 1.165) is 32.0 Å². The average molecular weight is 245 g/mol. The molecule has 1 aromatic rings. The fourth-order valence-corrected chi connectivity index (χ4v) is 3.54. The van der Waals surface area contributed by atoms with Gasteiger partial charge in [0.05, 0.1) is 13.2 Å². The zero-order chi connectivity index (χ0) is 12.9. The summed E-state index contributed by atoms with van der Waals surface area (Å²) in [6, 6.07) is 5.00. The van der Waals surface area contributed by atoms with Gasteiger partial charge in [0.2, 0.25) is 0 Å². The number of nitrogens with two attached hydrogens (primary N) is 1. The topological polar surface area (TPSA) is 35.2 Å². The molecule has 18 heavy (non-hydrogen) atoms. The van der Waals surface area contributed by atoms with Crippen molar-refractivity contribution in [3.8, 4) is 0 Å². The van der Waals surface area contributed by atoms with E-state index in [4.69, 9.17) is 10.5 Å². The molecule has 0 bridgehead atoms. The molecule has 2 fully saturated rings. The first-order valence-corrected chi connectivity index (χ1v) is 6.95. The smallest absolute Gasteiger partial charge is 0.0588 e. The van der Waals surface area contributed by atoms with Crippen molar-refractivity contribution >= 4 is 0 Å². The Morgan fingerprint density at radius 3 is 2.28 bits per heavy atom. The molecule has 2 aliphatic rings. The fraction of sp³-hybridized carbons (Fsp3) is 0.625. The van der Waals surface area contributed by atoms with Gasteiger partial charge >= 0.3 is 0 Å². The third-order valence-electron chi connectivity index (χ3n) is 5.27. The van der Waals surface area contributed by atoms with Crippen LogP contribution in [0.1, 0.15) is 35.1 Å². The van der Waals surface area contributed by atoms with E-state index in [0.29, 0.717) is 6.04 Å². The van der Waals surface area contributed by atoms with Crippen molar-refractivity contribution < 1.29 is 4.74 Å². The molecule has 0 atom stereocenters. The van der Waals surface area contributed by atoms with E-state index in [2.05, 4.69) is 32.9 Å². The molecule has 0 spiro atoms. The highest BCUT2D eigenvalue weighted by Crippen LogP contribution is 2.49. The lowest BCUT2D eigenvalue weighted by Gasteiger charge is -2.53. The van der Waals surface area contributed by atoms with Crippen LogP contribution in [0.5, 0.6) is 0 Å². The molecule has 3 rings (SSSR count). The minimum absolute atomic E-state index is 0.262. The monoisotopic (exact) mass is 245 g/mol. The van der Waals surface area contributed by atoms with Crippen LogP contribution in [0, 0.1) is 26.7 Å². The predicted octanol–water partition coefficient (Wildman–Crippen LogP) is 2.62. The first-order valence-electron chi connectivity index (χ1n) is 6.95. The Morgan fingerprint density at radius 1 is 1.11 bits per heavy atom. The summed E-state index contributed by atoms with van der Waals surface area (Å²) in [5.74, 6) is 0.724. The molecule has 0 radical (unpaired) electrons. The zero-order valence-electron chi connectivity index (χ0n) is 11.6. The van der Waals surface area contributed by atoms with E-state index in [1.54, 1.807) is 0 Å². The molecule has 1 aliphatic heterocycles. The van der Waals surface area contributed by atoms with Crippen molar-refractivity contribution in [3.05, 3.63) is 34.4 Å². The van der Waals surface area contributed by atoms with Crippen LogP contribution in [-0.4, -0.2) is 19.3 Å². The standard InChI is InChI=1S/C16H23NO/c1-10-4-5-15(12(3)11(10)2)16(8-18-9-16)13-6-14(17)7-13/h4-5,13-14H,6-9,17H2,1-3H3. The zero-order valence-corrected chi connectivity index (χ0v) is 11.6. The molecule has 0 amide bonds. The van der Waals surface area contributed by atoms with E-state index in [1.165, 1.54) is 22.3 Å². The summed E-state index contributed by atoms with van der Waals surface area (Å²) < 4.78 is 5.57. The van der Waals surface area contributed by atoms with E-state index in [-0.39, 0.29) is 5.41 Å². The van der Waals surface area contributed by atoms with Crippen molar-refractivity contribution in [2.75, 3.05) is 13.2 Å². The van der Waals surface area contributed by atoms with Crippen LogP contribution in [0.4, 0.5) is 0 Å². The van der Waals surface area contributed by atoms with E-state index >= 15 is 0 Å². The van der Waals surface area contributed by atoms with Crippen molar-refractivity contribution in [2.24, 2.45) is 11.7 Å². The minimum Gasteiger partial charge on any atom is -0.379 e. The highest BCUT2D eigenvalue weighted by Gasteiger charge is 2.51. The van der Waals surface area contributed by atoms with Gasteiger partial charge in [-0.05, 0) is 61.8 Å². The van der Waals surface area contributed by atoms with E-state index in [1.807, 2.05) is 0 Å². The molecule has 1 saturated carbocycles. The molecule has 0 aromatic heterocycles. The molecule has 98 valence electrons. The van der Waals surface area contributed by atoms with Gasteiger partial charge in [0.1, 0.15) is 0 Å². The maximum atomic E-state index is 5.97. The largest absolute Gasteiger partial charge is 0.379 e. The van der Waals surface area contributed by atoms with Crippen molar-refractivity contribution in [2.45, 2.75) is 45.1 Å². The van der Waals surface area contributed by atoms with Gasteiger partial charge in [-0.1, -0.05) is 12.1 Å². The molecule has 2 N–H and O–H groups in total. The lowest BCUT2D eigenvalue weighted by atomic mass is 9.58. The fourth-order valence-electron chi connectivity index (χ4n) is 3.54. The quantitative estimate of drug-likeness (QED) is 0.869. The Balaban J connectivity index is 2.00. The Labute approximate surface area is 110 Å². The first kappa shape index (κ1) is 12.2. The van der Waals surface area contributed by atoms with Gasteiger partial charge in [-0.25, -0.2) is 0 Å². The van der Waals surface area contributed by atoms with Crippen molar-refractivity contribution in [3.63, 3.8) is 0 Å². The molecule has 0 unspecified atom stereocenters. The summed E-state index contributed by atoms with van der Waals surface area (Å²) >= 11 is 0. The Morgan fingerprint density at radius 2 is 1.78 bits per heavy atom. The molecule has 1 aliphatic carbocycles. The van der Waals surface area contributed by atoms with E-state index < -0.39 is 0 Å². The molecule has 1 heterocycles. The van der Waals surface area contributed by atoms with Gasteiger partial charge in [0.25, 0.3) is 0 Å². The lowest BCUT2D eigenvalue weighted by molar-refractivity contribution is -0.111. The SMILES string of the molecule is Cc1ccc(C2(C3CC(N)C3)COC2)c(C)c1C. The van der Waals surface area contributed by atoms with Gasteiger partial charge in [-0.2, -0.15) is 0 Å². The average Bonchev–Trinajstić information content (AvgIpc) is 2.25. The Hall–Kier alpha value is -0.860. The maximum Gasteiger partial charge on any atom is 0.0588 e. The lowest BCUT2D eigenvalue weighted by Crippen LogP contribution is -2.58. The number of hydrogen-bond donors (Lipinski definition) is 1. The third-order valence-corrected chi connectivity index (χ3v) is 5.27. The maximum absolute atomic E-state index is 5.97. The van der Waals surface area contributed by atoms with Crippen LogP contribution in [0.15, 0.2) is 12.1 Å². The molecule has 1 saturated heterocycles. The second-order valence-corrected chi connectivity index (χ2v) is 6.26. The molecule has 1 aromatic carbocycles. The molecule has 2 heteroatoms. The van der Waals surface area contributed by atoms with Crippen LogP contribution in [0.3, 0.4) is 0 Å². The number of aryl methyl sites for hydroxylation is 1. The van der Waals surface area contributed by atoms with Gasteiger partial charge < -0.3 is 10.5 Å². The number of benzene rings is 1. The highest BCUT2D eigenvalue weighted by atomic mass is 16.5. The molecule has 2 nitrogen and oxygen atoms in total. The van der Waals surface area contributed by atoms with Crippen LogP contribution < -0.4 is 5.73 Å². The first-order chi connectivity index (χ1) is 8.54. The summed E-state index contributed by atoms with van der Waals surface area (Å²) in [6.45, 7) is 8.45. The summed E-state index contributed by atoms with van der Waals surface area (Å²) in [5, 5.41) is 0. The van der Waals surface area contributed by atoms with Gasteiger partial charge in [0, 0.05) is 11.5 Å². The van der Waals surface area contributed by atoms with Gasteiger partial charge in [0.15, 0.2) is 0 Å². The number of hydrogen-bond acceptors (Lipinski definition) is 2. The van der Waals surface area contributed by atoms with Gasteiger partial charge in [-0.15, -0.1) is 0 Å². The summed E-state index contributed by atoms with van der Waals surface area (Å²) in [7, 11) is 0. The van der Waals surface area contributed by atoms with Crippen molar-refractivity contribution in [1.29, 1.82) is 0 Å².